The molecule has 2 aliphatic heterocycles. The van der Waals surface area contributed by atoms with Gasteiger partial charge in [0, 0.05) is 24.5 Å². The molecule has 3 rings (SSSR count). The Labute approximate surface area is 142 Å². The lowest BCUT2D eigenvalue weighted by Crippen LogP contribution is -2.43. The van der Waals surface area contributed by atoms with Crippen LogP contribution >= 0.6 is 0 Å². The van der Waals surface area contributed by atoms with Gasteiger partial charge in [0.15, 0.2) is 5.84 Å². The van der Waals surface area contributed by atoms with Gasteiger partial charge in [-0.25, -0.2) is 5.48 Å². The number of pyridine rings is 1. The number of nitrogens with one attached hydrogen (secondary N) is 1. The molecule has 2 N–H and O–H groups in total. The van der Waals surface area contributed by atoms with E-state index in [0.29, 0.717) is 12.9 Å². The number of hydrogen-bond acceptors (Lipinski definition) is 7. The summed E-state index contributed by atoms with van der Waals surface area (Å²) in [5.41, 5.74) is 3.87. The van der Waals surface area contributed by atoms with E-state index in [1.165, 1.54) is 32.4 Å². The summed E-state index contributed by atoms with van der Waals surface area (Å²) >= 11 is 0. The molecular weight excluding hydrogens is 332 g/mol. The summed E-state index contributed by atoms with van der Waals surface area (Å²) in [7, 11) is -3.67. The number of likely N-dealkylation sites (tertiary alicyclic amines) is 1. The Morgan fingerprint density at radius 1 is 1.38 bits per heavy atom. The van der Waals surface area contributed by atoms with Crippen LogP contribution in [-0.4, -0.2) is 67.2 Å². The maximum Gasteiger partial charge on any atom is 0.261 e. The van der Waals surface area contributed by atoms with E-state index >= 15 is 0 Å². The average Bonchev–Trinajstić information content (AvgIpc) is 2.55. The van der Waals surface area contributed by atoms with Crippen LogP contribution in [0.1, 0.15) is 24.8 Å². The molecule has 0 bridgehead atoms. The summed E-state index contributed by atoms with van der Waals surface area (Å²) in [6, 6.07) is 4.12. The summed E-state index contributed by atoms with van der Waals surface area (Å²) in [6.07, 6.45) is 8.27. The lowest BCUT2D eigenvalue weighted by Gasteiger charge is -2.30. The first kappa shape index (κ1) is 18.8. The lowest BCUT2D eigenvalue weighted by atomic mass is 10.1. The van der Waals surface area contributed by atoms with Crippen LogP contribution in [0.15, 0.2) is 29.5 Å². The molecule has 0 aromatic carbocycles. The van der Waals surface area contributed by atoms with Crippen molar-refractivity contribution in [2.45, 2.75) is 25.3 Å². The van der Waals surface area contributed by atoms with Gasteiger partial charge in [-0.3, -0.25) is 19.4 Å². The van der Waals surface area contributed by atoms with Crippen molar-refractivity contribution in [3.05, 3.63) is 30.1 Å². The minimum Gasteiger partial charge on any atom is -0.301 e. The third-order valence-corrected chi connectivity index (χ3v) is 3.61. The van der Waals surface area contributed by atoms with Gasteiger partial charge in [0.25, 0.3) is 10.1 Å². The highest BCUT2D eigenvalue weighted by Gasteiger charge is 2.20. The first-order chi connectivity index (χ1) is 11.4. The van der Waals surface area contributed by atoms with E-state index in [4.69, 9.17) is 14.4 Å². The Bertz CT molecular complexity index is 622. The molecule has 1 aromatic rings. The number of nitrogens with zero attached hydrogens (tertiary/aromatic N) is 3. The second kappa shape index (κ2) is 9.07. The van der Waals surface area contributed by atoms with Crippen molar-refractivity contribution in [2.75, 3.05) is 32.5 Å². The van der Waals surface area contributed by atoms with Gasteiger partial charge < -0.3 is 4.90 Å². The lowest BCUT2D eigenvalue weighted by molar-refractivity contribution is 0.0513. The highest BCUT2D eigenvalue weighted by molar-refractivity contribution is 7.85. The maximum atomic E-state index is 9.19. The number of amidine groups is 1. The molecule has 2 aliphatic rings. The molecule has 0 saturated carbocycles. The summed E-state index contributed by atoms with van der Waals surface area (Å²) in [5.74, 6) is 0.793. The molecule has 0 aliphatic carbocycles. The molecule has 0 amide bonds. The molecule has 3 heterocycles. The number of aromatic nitrogens is 1. The first-order valence-electron chi connectivity index (χ1n) is 7.92. The normalized spacial score (nSPS) is 21.9. The second-order valence-corrected chi connectivity index (χ2v) is 7.35. The van der Waals surface area contributed by atoms with E-state index in [-0.39, 0.29) is 6.04 Å². The zero-order valence-corrected chi connectivity index (χ0v) is 14.6. The van der Waals surface area contributed by atoms with Gasteiger partial charge in [0.2, 0.25) is 0 Å². The summed E-state index contributed by atoms with van der Waals surface area (Å²) in [6.45, 7) is 4.02. The third kappa shape index (κ3) is 7.35. The van der Waals surface area contributed by atoms with Crippen LogP contribution < -0.4 is 5.48 Å². The van der Waals surface area contributed by atoms with Crippen molar-refractivity contribution in [1.29, 1.82) is 0 Å². The van der Waals surface area contributed by atoms with Gasteiger partial charge in [-0.05, 0) is 38.1 Å². The molecule has 9 heteroatoms. The molecule has 24 heavy (non-hydrogen) atoms. The minimum atomic E-state index is -3.67. The third-order valence-electron chi connectivity index (χ3n) is 3.61. The van der Waals surface area contributed by atoms with Crippen LogP contribution in [0.5, 0.6) is 0 Å². The number of hydroxylamine groups is 1. The van der Waals surface area contributed by atoms with E-state index in [9.17, 15) is 8.42 Å². The molecule has 0 spiro atoms. The smallest absolute Gasteiger partial charge is 0.261 e. The van der Waals surface area contributed by atoms with Crippen LogP contribution in [0.2, 0.25) is 0 Å². The molecule has 1 unspecified atom stereocenters. The van der Waals surface area contributed by atoms with Gasteiger partial charge in [-0.2, -0.15) is 8.42 Å². The van der Waals surface area contributed by atoms with Gasteiger partial charge in [-0.15, -0.1) is 0 Å². The van der Waals surface area contributed by atoms with Crippen LogP contribution in [0, 0.1) is 0 Å². The predicted octanol–water partition coefficient (Wildman–Crippen LogP) is 0.722. The largest absolute Gasteiger partial charge is 0.301 e. The van der Waals surface area contributed by atoms with Crippen molar-refractivity contribution >= 4 is 16.0 Å². The molecule has 1 atom stereocenters. The van der Waals surface area contributed by atoms with Gasteiger partial charge in [-0.1, -0.05) is 6.42 Å². The van der Waals surface area contributed by atoms with E-state index in [1.54, 1.807) is 12.4 Å². The Hall–Kier alpha value is -1.55. The molecule has 0 radical (unpaired) electrons. The van der Waals surface area contributed by atoms with E-state index in [0.717, 1.165) is 17.9 Å². The van der Waals surface area contributed by atoms with Crippen LogP contribution in [-0.2, 0) is 15.0 Å². The van der Waals surface area contributed by atoms with Crippen molar-refractivity contribution < 1.29 is 17.8 Å². The van der Waals surface area contributed by atoms with Gasteiger partial charge in [0.1, 0.15) is 0 Å². The van der Waals surface area contributed by atoms with E-state index < -0.39 is 10.1 Å². The van der Waals surface area contributed by atoms with E-state index in [2.05, 4.69) is 15.4 Å². The van der Waals surface area contributed by atoms with Crippen molar-refractivity contribution in [2.24, 2.45) is 4.99 Å². The molecule has 1 saturated heterocycles. The average molecular weight is 356 g/mol. The molecule has 1 fully saturated rings. The zero-order valence-electron chi connectivity index (χ0n) is 13.8. The van der Waals surface area contributed by atoms with Crippen LogP contribution in [0.4, 0.5) is 0 Å². The van der Waals surface area contributed by atoms with Crippen LogP contribution in [0.3, 0.4) is 0 Å². The number of aliphatic imine (C=N–C) groups is 1. The predicted molar refractivity (Wildman–Crippen MR) is 91.4 cm³/mol. The van der Waals surface area contributed by atoms with E-state index in [1.807, 2.05) is 12.1 Å². The number of rotatable bonds is 3. The molecule has 134 valence electrons. The summed E-state index contributed by atoms with van der Waals surface area (Å²) < 4.78 is 25.9. The van der Waals surface area contributed by atoms with Gasteiger partial charge >= 0.3 is 0 Å². The highest BCUT2D eigenvalue weighted by atomic mass is 32.2. The maximum absolute atomic E-state index is 9.19. The second-order valence-electron chi connectivity index (χ2n) is 5.88. The topological polar surface area (TPSA) is 104 Å². The van der Waals surface area contributed by atoms with Crippen molar-refractivity contribution in [1.82, 2.24) is 15.4 Å². The van der Waals surface area contributed by atoms with Crippen molar-refractivity contribution in [3.8, 4) is 0 Å². The first-order valence-corrected chi connectivity index (χ1v) is 9.77. The molecule has 1 aromatic heterocycles. The fourth-order valence-electron chi connectivity index (χ4n) is 2.62. The fraction of sp³-hybridized carbons (Fsp3) is 0.600. The Balaban J connectivity index is 0.000000368. The standard InChI is InChI=1S/C14H20N4O.CH4O3S/c1-2-7-18(8-3-1)10-13-11-19-17-14(16-13)12-5-4-6-15-9-12;1-5(2,3)4/h4-6,9,13H,1-3,7-8,10-11H2,(H,16,17);1H3,(H,2,3,4). The van der Waals surface area contributed by atoms with Crippen LogP contribution in [0.25, 0.3) is 0 Å². The summed E-state index contributed by atoms with van der Waals surface area (Å²) in [4.78, 5) is 16.8. The Morgan fingerprint density at radius 3 is 2.71 bits per heavy atom. The zero-order chi connectivity index (χ0) is 17.4. The van der Waals surface area contributed by atoms with Gasteiger partial charge in [0.05, 0.1) is 18.9 Å². The monoisotopic (exact) mass is 356 g/mol. The Kier molecular flexibility index (Phi) is 7.10. The SMILES string of the molecule is CS(=O)(=O)O.c1cncc(C2=NC(CN3CCCCC3)CON2)c1. The fourth-order valence-corrected chi connectivity index (χ4v) is 2.62. The molecule has 8 nitrogen and oxygen atoms in total. The number of piperidine rings is 1. The quantitative estimate of drug-likeness (QED) is 0.769. The molecular formula is C15H24N4O4S. The summed E-state index contributed by atoms with van der Waals surface area (Å²) in [5, 5.41) is 0. The van der Waals surface area contributed by atoms with Crippen molar-refractivity contribution in [3.63, 3.8) is 0 Å². The minimum absolute atomic E-state index is 0.217. The Morgan fingerprint density at radius 2 is 2.08 bits per heavy atom. The number of hydrogen-bond donors (Lipinski definition) is 2. The highest BCUT2D eigenvalue weighted by Crippen LogP contribution is 2.12.